The third kappa shape index (κ3) is 0.991. The van der Waals surface area contributed by atoms with Gasteiger partial charge in [0, 0.05) is 5.41 Å². The van der Waals surface area contributed by atoms with Gasteiger partial charge in [0.05, 0.1) is 6.61 Å². The SMILES string of the molecule is CC(C)(C)C1(O)OC1(C)CO. The average molecular weight is 160 g/mol. The van der Waals surface area contributed by atoms with Crippen LogP contribution in [0.5, 0.6) is 0 Å². The van der Waals surface area contributed by atoms with Gasteiger partial charge in [0.2, 0.25) is 5.79 Å². The van der Waals surface area contributed by atoms with Crippen LogP contribution < -0.4 is 0 Å². The molecule has 66 valence electrons. The summed E-state index contributed by atoms with van der Waals surface area (Å²) in [6.45, 7) is 7.22. The van der Waals surface area contributed by atoms with Crippen molar-refractivity contribution in [2.75, 3.05) is 6.61 Å². The minimum Gasteiger partial charge on any atom is -0.393 e. The maximum Gasteiger partial charge on any atom is 0.203 e. The van der Waals surface area contributed by atoms with Crippen LogP contribution in [0.1, 0.15) is 27.7 Å². The summed E-state index contributed by atoms with van der Waals surface area (Å²) in [7, 11) is 0. The summed E-state index contributed by atoms with van der Waals surface area (Å²) < 4.78 is 5.11. The highest BCUT2D eigenvalue weighted by atomic mass is 16.8. The van der Waals surface area contributed by atoms with E-state index in [0.717, 1.165) is 0 Å². The monoisotopic (exact) mass is 160 g/mol. The van der Waals surface area contributed by atoms with Gasteiger partial charge in [-0.2, -0.15) is 0 Å². The second kappa shape index (κ2) is 1.97. The summed E-state index contributed by atoms with van der Waals surface area (Å²) in [4.78, 5) is 0. The Balaban J connectivity index is 2.77. The fourth-order valence-electron chi connectivity index (χ4n) is 1.39. The van der Waals surface area contributed by atoms with Crippen molar-refractivity contribution in [1.29, 1.82) is 0 Å². The second-order valence-electron chi connectivity index (χ2n) is 4.39. The van der Waals surface area contributed by atoms with E-state index < -0.39 is 11.4 Å². The van der Waals surface area contributed by atoms with Crippen molar-refractivity contribution in [3.8, 4) is 0 Å². The molecular weight excluding hydrogens is 144 g/mol. The molecule has 3 nitrogen and oxygen atoms in total. The van der Waals surface area contributed by atoms with Gasteiger partial charge in [-0.15, -0.1) is 0 Å². The zero-order chi connectivity index (χ0) is 8.91. The lowest BCUT2D eigenvalue weighted by molar-refractivity contribution is -0.0556. The predicted octanol–water partition coefficient (Wildman–Crippen LogP) is 0.502. The van der Waals surface area contributed by atoms with Crippen LogP contribution in [0.25, 0.3) is 0 Å². The smallest absolute Gasteiger partial charge is 0.203 e. The van der Waals surface area contributed by atoms with Crippen LogP contribution in [0, 0.1) is 5.41 Å². The van der Waals surface area contributed by atoms with Gasteiger partial charge in [-0.05, 0) is 6.92 Å². The first-order valence-corrected chi connectivity index (χ1v) is 3.80. The molecule has 1 aliphatic rings. The lowest BCUT2D eigenvalue weighted by Crippen LogP contribution is -2.38. The zero-order valence-corrected chi connectivity index (χ0v) is 7.51. The molecule has 11 heavy (non-hydrogen) atoms. The Bertz CT molecular complexity index is 173. The fraction of sp³-hybridized carbons (Fsp3) is 1.00. The van der Waals surface area contributed by atoms with Crippen LogP contribution in [0.15, 0.2) is 0 Å². The van der Waals surface area contributed by atoms with Crippen molar-refractivity contribution in [3.05, 3.63) is 0 Å². The molecule has 0 aromatic heterocycles. The molecule has 0 saturated carbocycles. The second-order valence-corrected chi connectivity index (χ2v) is 4.39. The summed E-state index contributed by atoms with van der Waals surface area (Å²) in [6, 6.07) is 0. The average Bonchev–Trinajstić information content (AvgIpc) is 2.38. The molecule has 3 heteroatoms. The molecule has 1 saturated heterocycles. The molecule has 1 aliphatic heterocycles. The number of hydrogen-bond acceptors (Lipinski definition) is 3. The van der Waals surface area contributed by atoms with Crippen molar-refractivity contribution >= 4 is 0 Å². The van der Waals surface area contributed by atoms with Gasteiger partial charge >= 0.3 is 0 Å². The standard InChI is InChI=1S/C8H16O3/c1-6(2,3)8(10)7(4,5-9)11-8/h9-10H,5H2,1-4H3. The van der Waals surface area contributed by atoms with Gasteiger partial charge in [-0.3, -0.25) is 0 Å². The van der Waals surface area contributed by atoms with E-state index in [4.69, 9.17) is 9.84 Å². The Labute approximate surface area is 67.0 Å². The summed E-state index contributed by atoms with van der Waals surface area (Å²) >= 11 is 0. The number of aliphatic hydroxyl groups is 2. The van der Waals surface area contributed by atoms with Gasteiger partial charge in [0.1, 0.15) is 5.60 Å². The minimum atomic E-state index is -1.16. The highest BCUT2D eigenvalue weighted by Gasteiger charge is 2.71. The predicted molar refractivity (Wildman–Crippen MR) is 41.0 cm³/mol. The minimum absolute atomic E-state index is 0.138. The Kier molecular flexibility index (Phi) is 1.61. The number of hydrogen-bond donors (Lipinski definition) is 2. The molecule has 0 amide bonds. The van der Waals surface area contributed by atoms with Crippen molar-refractivity contribution in [2.24, 2.45) is 5.41 Å². The molecule has 2 atom stereocenters. The first-order chi connectivity index (χ1) is 4.77. The summed E-state index contributed by atoms with van der Waals surface area (Å²) in [5, 5.41) is 18.7. The normalized spacial score (nSPS) is 44.2. The summed E-state index contributed by atoms with van der Waals surface area (Å²) in [6.07, 6.45) is 0. The van der Waals surface area contributed by atoms with E-state index in [0.29, 0.717) is 0 Å². The van der Waals surface area contributed by atoms with Crippen LogP contribution >= 0.6 is 0 Å². The highest BCUT2D eigenvalue weighted by molar-refractivity contribution is 5.11. The molecule has 0 aromatic rings. The van der Waals surface area contributed by atoms with Crippen LogP contribution in [0.4, 0.5) is 0 Å². The van der Waals surface area contributed by atoms with Crippen LogP contribution in [0.3, 0.4) is 0 Å². The summed E-state index contributed by atoms with van der Waals surface area (Å²) in [5.41, 5.74) is -1.10. The molecule has 1 rings (SSSR count). The highest BCUT2D eigenvalue weighted by Crippen LogP contribution is 2.55. The van der Waals surface area contributed by atoms with E-state index in [1.165, 1.54) is 0 Å². The molecule has 0 bridgehead atoms. The van der Waals surface area contributed by atoms with Crippen molar-refractivity contribution < 1.29 is 14.9 Å². The molecule has 1 heterocycles. The van der Waals surface area contributed by atoms with Gasteiger partial charge in [-0.25, -0.2) is 0 Å². The van der Waals surface area contributed by atoms with Crippen LogP contribution in [0.2, 0.25) is 0 Å². The largest absolute Gasteiger partial charge is 0.393 e. The van der Waals surface area contributed by atoms with Crippen molar-refractivity contribution in [2.45, 2.75) is 39.1 Å². The van der Waals surface area contributed by atoms with E-state index in [9.17, 15) is 5.11 Å². The molecule has 1 fully saturated rings. The molecule has 2 unspecified atom stereocenters. The lowest BCUT2D eigenvalue weighted by Gasteiger charge is -2.24. The zero-order valence-electron chi connectivity index (χ0n) is 7.51. The maximum absolute atomic E-state index is 9.80. The van der Waals surface area contributed by atoms with E-state index in [-0.39, 0.29) is 12.0 Å². The van der Waals surface area contributed by atoms with Crippen molar-refractivity contribution in [1.82, 2.24) is 0 Å². The molecule has 0 aromatic carbocycles. The van der Waals surface area contributed by atoms with Crippen LogP contribution in [-0.4, -0.2) is 28.2 Å². The van der Waals surface area contributed by atoms with Crippen LogP contribution in [-0.2, 0) is 4.74 Å². The number of aliphatic hydroxyl groups excluding tert-OH is 1. The first kappa shape index (κ1) is 8.97. The first-order valence-electron chi connectivity index (χ1n) is 3.80. The molecule has 2 N–H and O–H groups in total. The fourth-order valence-corrected chi connectivity index (χ4v) is 1.39. The Morgan fingerprint density at radius 3 is 1.91 bits per heavy atom. The topological polar surface area (TPSA) is 53.0 Å². The van der Waals surface area contributed by atoms with Gasteiger partial charge < -0.3 is 14.9 Å². The van der Waals surface area contributed by atoms with Gasteiger partial charge in [0.15, 0.2) is 0 Å². The van der Waals surface area contributed by atoms with Gasteiger partial charge in [-0.1, -0.05) is 20.8 Å². The van der Waals surface area contributed by atoms with E-state index in [1.54, 1.807) is 6.92 Å². The van der Waals surface area contributed by atoms with E-state index in [1.807, 2.05) is 20.8 Å². The Morgan fingerprint density at radius 1 is 1.36 bits per heavy atom. The summed E-state index contributed by atoms with van der Waals surface area (Å²) in [5.74, 6) is -1.16. The van der Waals surface area contributed by atoms with Gasteiger partial charge in [0.25, 0.3) is 0 Å². The molecular formula is C8H16O3. The molecule has 0 radical (unpaired) electrons. The number of epoxide rings is 1. The molecule has 0 spiro atoms. The third-order valence-corrected chi connectivity index (χ3v) is 2.37. The number of ether oxygens (including phenoxy) is 1. The van der Waals surface area contributed by atoms with Crippen molar-refractivity contribution in [3.63, 3.8) is 0 Å². The Hall–Kier alpha value is -0.120. The number of rotatable bonds is 1. The third-order valence-electron chi connectivity index (χ3n) is 2.37. The quantitative estimate of drug-likeness (QED) is 0.549. The molecule has 0 aliphatic carbocycles. The van der Waals surface area contributed by atoms with E-state index in [2.05, 4.69) is 0 Å². The lowest BCUT2D eigenvalue weighted by atomic mass is 9.82. The maximum atomic E-state index is 9.80. The van der Waals surface area contributed by atoms with E-state index >= 15 is 0 Å². The Morgan fingerprint density at radius 2 is 1.82 bits per heavy atom.